The van der Waals surface area contributed by atoms with E-state index in [-0.39, 0.29) is 6.42 Å². The summed E-state index contributed by atoms with van der Waals surface area (Å²) < 4.78 is 5.36. The van der Waals surface area contributed by atoms with Crippen molar-refractivity contribution in [3.63, 3.8) is 0 Å². The lowest BCUT2D eigenvalue weighted by molar-refractivity contribution is -0.136. The van der Waals surface area contributed by atoms with Crippen LogP contribution in [0.2, 0.25) is 0 Å². The maximum Gasteiger partial charge on any atom is 0.303 e. The molecule has 1 rings (SSSR count). The normalized spacial score (nSPS) is 21.5. The van der Waals surface area contributed by atoms with Crippen molar-refractivity contribution < 1.29 is 14.6 Å². The number of morpholine rings is 1. The summed E-state index contributed by atoms with van der Waals surface area (Å²) >= 11 is 0. The molecule has 13 heavy (non-hydrogen) atoms. The Hall–Kier alpha value is -0.610. The van der Waals surface area contributed by atoms with E-state index < -0.39 is 5.97 Å². The molecule has 0 aromatic carbocycles. The van der Waals surface area contributed by atoms with Gasteiger partial charge in [-0.25, -0.2) is 0 Å². The molecule has 1 saturated heterocycles. The second-order valence-corrected chi connectivity index (χ2v) is 2.85. The lowest BCUT2D eigenvalue weighted by atomic mass is 10.2. The van der Waals surface area contributed by atoms with Gasteiger partial charge in [0.2, 0.25) is 0 Å². The molecule has 0 radical (unpaired) electrons. The van der Waals surface area contributed by atoms with Crippen LogP contribution >= 0.6 is 0 Å². The topological polar surface area (TPSA) is 58.6 Å². The van der Waals surface area contributed by atoms with Crippen molar-refractivity contribution in [3.8, 4) is 0 Å². The fourth-order valence-corrected chi connectivity index (χ4v) is 0.882. The molecule has 1 aliphatic rings. The van der Waals surface area contributed by atoms with Crippen molar-refractivity contribution in [2.75, 3.05) is 19.7 Å². The van der Waals surface area contributed by atoms with E-state index in [1.54, 1.807) is 6.92 Å². The van der Waals surface area contributed by atoms with Crippen molar-refractivity contribution in [2.45, 2.75) is 32.8 Å². The first-order valence-corrected chi connectivity index (χ1v) is 4.74. The third kappa shape index (κ3) is 7.74. The Morgan fingerprint density at radius 1 is 1.62 bits per heavy atom. The first kappa shape index (κ1) is 12.4. The van der Waals surface area contributed by atoms with Crippen LogP contribution < -0.4 is 5.32 Å². The number of hydrogen-bond acceptors (Lipinski definition) is 3. The third-order valence-electron chi connectivity index (χ3n) is 1.76. The van der Waals surface area contributed by atoms with E-state index >= 15 is 0 Å². The molecule has 4 heteroatoms. The van der Waals surface area contributed by atoms with Crippen molar-refractivity contribution in [3.05, 3.63) is 0 Å². The minimum Gasteiger partial charge on any atom is -0.481 e. The van der Waals surface area contributed by atoms with Gasteiger partial charge in [-0.05, 0) is 6.42 Å². The van der Waals surface area contributed by atoms with Crippen LogP contribution in [0.3, 0.4) is 0 Å². The molecule has 1 fully saturated rings. The summed E-state index contributed by atoms with van der Waals surface area (Å²) in [5, 5.41) is 11.0. The quantitative estimate of drug-likeness (QED) is 0.676. The predicted octanol–water partition coefficient (Wildman–Crippen LogP) is 0.866. The zero-order valence-corrected chi connectivity index (χ0v) is 8.38. The molecule has 0 aromatic heterocycles. The minimum absolute atomic E-state index is 0.222. The van der Waals surface area contributed by atoms with Crippen LogP contribution in [0.1, 0.15) is 26.7 Å². The molecule has 0 bridgehead atoms. The van der Waals surface area contributed by atoms with E-state index in [0.717, 1.165) is 26.1 Å². The minimum atomic E-state index is -0.745. The van der Waals surface area contributed by atoms with Crippen LogP contribution in [0.15, 0.2) is 0 Å². The maximum atomic E-state index is 9.37. The van der Waals surface area contributed by atoms with E-state index in [1.165, 1.54) is 0 Å². The molecular formula is C9H19NO3. The van der Waals surface area contributed by atoms with Crippen LogP contribution in [0.5, 0.6) is 0 Å². The summed E-state index contributed by atoms with van der Waals surface area (Å²) in [7, 11) is 0. The zero-order valence-electron chi connectivity index (χ0n) is 8.38. The van der Waals surface area contributed by atoms with E-state index in [1.807, 2.05) is 0 Å². The molecule has 0 aliphatic carbocycles. The fraction of sp³-hybridized carbons (Fsp3) is 0.889. The van der Waals surface area contributed by atoms with Gasteiger partial charge in [-0.3, -0.25) is 4.79 Å². The van der Waals surface area contributed by atoms with Gasteiger partial charge in [-0.1, -0.05) is 13.8 Å². The number of carboxylic acids is 1. The first-order chi connectivity index (χ1) is 6.20. The van der Waals surface area contributed by atoms with Gasteiger partial charge in [0.15, 0.2) is 0 Å². The molecule has 78 valence electrons. The standard InChI is InChI=1S/C6H13NO.C3H6O2/c1-2-6-5-7-3-4-8-6;1-2-3(4)5/h6-7H,2-5H2,1H3;2H2,1H3,(H,4,5). The number of rotatable bonds is 2. The Labute approximate surface area is 79.3 Å². The van der Waals surface area contributed by atoms with Gasteiger partial charge in [0, 0.05) is 19.5 Å². The number of ether oxygens (including phenoxy) is 1. The van der Waals surface area contributed by atoms with Gasteiger partial charge in [0.25, 0.3) is 0 Å². The highest BCUT2D eigenvalue weighted by Gasteiger charge is 2.08. The number of carbonyl (C=O) groups is 1. The molecule has 0 spiro atoms. The van der Waals surface area contributed by atoms with E-state index in [9.17, 15) is 4.79 Å². The van der Waals surface area contributed by atoms with Gasteiger partial charge < -0.3 is 15.2 Å². The number of hydrogen-bond donors (Lipinski definition) is 2. The summed E-state index contributed by atoms with van der Waals surface area (Å²) in [6.07, 6.45) is 1.83. The van der Waals surface area contributed by atoms with Crippen LogP contribution in [0.25, 0.3) is 0 Å². The van der Waals surface area contributed by atoms with Crippen LogP contribution in [0.4, 0.5) is 0 Å². The molecule has 1 unspecified atom stereocenters. The van der Waals surface area contributed by atoms with Crippen molar-refractivity contribution in [1.29, 1.82) is 0 Å². The van der Waals surface area contributed by atoms with Crippen molar-refractivity contribution in [1.82, 2.24) is 5.32 Å². The Morgan fingerprint density at radius 3 is 2.46 bits per heavy atom. The van der Waals surface area contributed by atoms with Crippen molar-refractivity contribution in [2.24, 2.45) is 0 Å². The summed E-state index contributed by atoms with van der Waals surface area (Å²) in [6.45, 7) is 6.70. The van der Waals surface area contributed by atoms with Gasteiger partial charge in [0.1, 0.15) is 0 Å². The summed E-state index contributed by atoms with van der Waals surface area (Å²) in [6, 6.07) is 0. The Balaban J connectivity index is 0.000000252. The molecule has 0 amide bonds. The Kier molecular flexibility index (Phi) is 7.63. The van der Waals surface area contributed by atoms with Crippen molar-refractivity contribution >= 4 is 5.97 Å². The molecule has 1 heterocycles. The van der Waals surface area contributed by atoms with E-state index in [4.69, 9.17) is 9.84 Å². The molecule has 1 aliphatic heterocycles. The lowest BCUT2D eigenvalue weighted by Crippen LogP contribution is -2.37. The number of carboxylic acid groups (broad SMARTS) is 1. The van der Waals surface area contributed by atoms with Crippen LogP contribution in [0, 0.1) is 0 Å². The highest BCUT2D eigenvalue weighted by Crippen LogP contribution is 1.98. The monoisotopic (exact) mass is 189 g/mol. The smallest absolute Gasteiger partial charge is 0.303 e. The average molecular weight is 189 g/mol. The molecule has 2 N–H and O–H groups in total. The van der Waals surface area contributed by atoms with Gasteiger partial charge in [-0.15, -0.1) is 0 Å². The lowest BCUT2D eigenvalue weighted by Gasteiger charge is -2.21. The second-order valence-electron chi connectivity index (χ2n) is 2.85. The summed E-state index contributed by atoms with van der Waals surface area (Å²) in [5.41, 5.74) is 0. The molecule has 0 aromatic rings. The fourth-order valence-electron chi connectivity index (χ4n) is 0.882. The highest BCUT2D eigenvalue weighted by atomic mass is 16.5. The van der Waals surface area contributed by atoms with E-state index in [0.29, 0.717) is 6.10 Å². The SMILES string of the molecule is CCC(=O)O.CCC1CNCCO1. The van der Waals surface area contributed by atoms with Gasteiger partial charge in [-0.2, -0.15) is 0 Å². The molecule has 4 nitrogen and oxygen atoms in total. The van der Waals surface area contributed by atoms with Gasteiger partial charge >= 0.3 is 5.97 Å². The zero-order chi connectivity index (χ0) is 10.1. The predicted molar refractivity (Wildman–Crippen MR) is 50.8 cm³/mol. The Morgan fingerprint density at radius 2 is 2.23 bits per heavy atom. The first-order valence-electron chi connectivity index (χ1n) is 4.74. The maximum absolute atomic E-state index is 9.37. The van der Waals surface area contributed by atoms with E-state index in [2.05, 4.69) is 12.2 Å². The highest BCUT2D eigenvalue weighted by molar-refractivity contribution is 5.66. The summed E-state index contributed by atoms with van der Waals surface area (Å²) in [4.78, 5) is 9.37. The number of aliphatic carboxylic acids is 1. The average Bonchev–Trinajstić information content (AvgIpc) is 2.20. The molecule has 1 atom stereocenters. The summed E-state index contributed by atoms with van der Waals surface area (Å²) in [5.74, 6) is -0.745. The van der Waals surface area contributed by atoms with Crippen LogP contribution in [-0.2, 0) is 9.53 Å². The molecule has 0 saturated carbocycles. The molecular weight excluding hydrogens is 170 g/mol. The second kappa shape index (κ2) is 8.01. The largest absolute Gasteiger partial charge is 0.481 e. The number of nitrogens with one attached hydrogen (secondary N) is 1. The third-order valence-corrected chi connectivity index (χ3v) is 1.76. The van der Waals surface area contributed by atoms with Gasteiger partial charge in [0.05, 0.1) is 12.7 Å². The van der Waals surface area contributed by atoms with Crippen LogP contribution in [-0.4, -0.2) is 36.9 Å². The Bertz CT molecular complexity index is 133.